The van der Waals surface area contributed by atoms with Gasteiger partial charge >= 0.3 is 0 Å². The number of fused-ring (bicyclic) bond motifs is 1. The fourth-order valence-corrected chi connectivity index (χ4v) is 2.51. The van der Waals surface area contributed by atoms with Gasteiger partial charge in [0.1, 0.15) is 0 Å². The predicted octanol–water partition coefficient (Wildman–Crippen LogP) is 4.80. The highest BCUT2D eigenvalue weighted by molar-refractivity contribution is 5.47. The van der Waals surface area contributed by atoms with E-state index in [-0.39, 0.29) is 0 Å². The minimum atomic E-state index is 0.602. The highest BCUT2D eigenvalue weighted by Gasteiger charge is 2.31. The molecule has 84 valence electrons. The van der Waals surface area contributed by atoms with E-state index in [0.29, 0.717) is 11.8 Å². The Morgan fingerprint density at radius 2 is 2.00 bits per heavy atom. The lowest BCUT2D eigenvalue weighted by atomic mass is 9.69. The molecule has 0 aliphatic heterocycles. The van der Waals surface area contributed by atoms with Crippen molar-refractivity contribution in [3.63, 3.8) is 0 Å². The monoisotopic (exact) mass is 212 g/mol. The first-order valence-electron chi connectivity index (χ1n) is 6.18. The molecule has 1 aromatic rings. The number of benzene rings is 1. The Kier molecular flexibility index (Phi) is 3.28. The number of hydrogen-bond acceptors (Lipinski definition) is 0. The van der Waals surface area contributed by atoms with Crippen LogP contribution in [-0.2, 0) is 0 Å². The van der Waals surface area contributed by atoms with Crippen LogP contribution in [0.3, 0.4) is 0 Å². The molecule has 0 bridgehead atoms. The van der Waals surface area contributed by atoms with Crippen LogP contribution in [0.25, 0.3) is 0 Å². The van der Waals surface area contributed by atoms with Crippen molar-refractivity contribution < 1.29 is 0 Å². The number of allylic oxidation sites excluding steroid dienone is 3. The summed E-state index contributed by atoms with van der Waals surface area (Å²) in [6, 6.07) is 8.75. The molecule has 0 heterocycles. The highest BCUT2D eigenvalue weighted by Crippen LogP contribution is 2.46. The molecule has 0 radical (unpaired) electrons. The van der Waals surface area contributed by atoms with Crippen LogP contribution >= 0.6 is 0 Å². The van der Waals surface area contributed by atoms with Gasteiger partial charge in [0.15, 0.2) is 0 Å². The van der Waals surface area contributed by atoms with E-state index in [1.165, 1.54) is 23.1 Å². The molecule has 0 saturated carbocycles. The van der Waals surface area contributed by atoms with Crippen LogP contribution in [0.5, 0.6) is 0 Å². The summed E-state index contributed by atoms with van der Waals surface area (Å²) in [6.07, 6.45) is 6.82. The SMILES string of the molecule is C=C(/C=C\C1c2ccccc2C1C)CCC. The van der Waals surface area contributed by atoms with E-state index in [2.05, 4.69) is 56.8 Å². The van der Waals surface area contributed by atoms with Crippen LogP contribution in [0, 0.1) is 0 Å². The molecule has 0 N–H and O–H groups in total. The number of hydrogen-bond donors (Lipinski definition) is 0. The zero-order valence-corrected chi connectivity index (χ0v) is 10.2. The third-order valence-electron chi connectivity index (χ3n) is 3.49. The van der Waals surface area contributed by atoms with E-state index < -0.39 is 0 Å². The van der Waals surface area contributed by atoms with Gasteiger partial charge in [-0.25, -0.2) is 0 Å². The lowest BCUT2D eigenvalue weighted by Crippen LogP contribution is -2.19. The fourth-order valence-electron chi connectivity index (χ4n) is 2.51. The maximum Gasteiger partial charge on any atom is 0.00902 e. The van der Waals surface area contributed by atoms with E-state index in [9.17, 15) is 0 Å². The summed E-state index contributed by atoms with van der Waals surface area (Å²) < 4.78 is 0. The van der Waals surface area contributed by atoms with Crippen LogP contribution < -0.4 is 0 Å². The zero-order chi connectivity index (χ0) is 11.5. The van der Waals surface area contributed by atoms with Gasteiger partial charge in [-0.3, -0.25) is 0 Å². The first-order valence-corrected chi connectivity index (χ1v) is 6.18. The van der Waals surface area contributed by atoms with Crippen LogP contribution in [0.1, 0.15) is 49.7 Å². The highest BCUT2D eigenvalue weighted by atomic mass is 14.3. The van der Waals surface area contributed by atoms with Crippen molar-refractivity contribution in [3.8, 4) is 0 Å². The van der Waals surface area contributed by atoms with Gasteiger partial charge in [-0.1, -0.05) is 68.8 Å². The van der Waals surface area contributed by atoms with Crippen molar-refractivity contribution in [2.75, 3.05) is 0 Å². The Morgan fingerprint density at radius 1 is 1.31 bits per heavy atom. The molecule has 0 heteroatoms. The standard InChI is InChI=1S/C16H20/c1-4-7-12(2)10-11-15-13(3)14-8-5-6-9-16(14)15/h5-6,8-11,13,15H,2,4,7H2,1,3H3/b11-10-. The minimum Gasteiger partial charge on any atom is -0.0958 e. The first kappa shape index (κ1) is 11.2. The van der Waals surface area contributed by atoms with Crippen LogP contribution in [-0.4, -0.2) is 0 Å². The van der Waals surface area contributed by atoms with Gasteiger partial charge in [0, 0.05) is 5.92 Å². The molecular formula is C16H20. The van der Waals surface area contributed by atoms with Gasteiger partial charge in [0.05, 0.1) is 0 Å². The minimum absolute atomic E-state index is 0.602. The van der Waals surface area contributed by atoms with Crippen LogP contribution in [0.2, 0.25) is 0 Å². The third-order valence-corrected chi connectivity index (χ3v) is 3.49. The summed E-state index contributed by atoms with van der Waals surface area (Å²) in [7, 11) is 0. The molecular weight excluding hydrogens is 192 g/mol. The van der Waals surface area contributed by atoms with E-state index in [4.69, 9.17) is 0 Å². The molecule has 2 unspecified atom stereocenters. The van der Waals surface area contributed by atoms with Gasteiger partial charge < -0.3 is 0 Å². The van der Waals surface area contributed by atoms with Crippen LogP contribution in [0.4, 0.5) is 0 Å². The lowest BCUT2D eigenvalue weighted by Gasteiger charge is -2.35. The first-order chi connectivity index (χ1) is 7.74. The molecule has 1 aliphatic rings. The molecule has 0 nitrogen and oxygen atoms in total. The molecule has 1 aliphatic carbocycles. The van der Waals surface area contributed by atoms with Gasteiger partial charge in [-0.2, -0.15) is 0 Å². The fraction of sp³-hybridized carbons (Fsp3) is 0.375. The molecule has 0 aromatic heterocycles. The van der Waals surface area contributed by atoms with E-state index in [1.807, 2.05) is 0 Å². The Balaban J connectivity index is 2.07. The van der Waals surface area contributed by atoms with Crippen molar-refractivity contribution in [2.45, 2.75) is 38.5 Å². The second-order valence-electron chi connectivity index (χ2n) is 4.71. The summed E-state index contributed by atoms with van der Waals surface area (Å²) in [5.41, 5.74) is 4.26. The van der Waals surface area contributed by atoms with Crippen molar-refractivity contribution in [2.24, 2.45) is 0 Å². The second kappa shape index (κ2) is 4.69. The van der Waals surface area contributed by atoms with Gasteiger partial charge in [0.2, 0.25) is 0 Å². The van der Waals surface area contributed by atoms with E-state index in [1.54, 1.807) is 0 Å². The number of rotatable bonds is 4. The summed E-state index contributed by atoms with van der Waals surface area (Å²) >= 11 is 0. The Bertz CT molecular complexity index is 412. The average molecular weight is 212 g/mol. The summed E-state index contributed by atoms with van der Waals surface area (Å²) in [5, 5.41) is 0. The second-order valence-corrected chi connectivity index (χ2v) is 4.71. The molecule has 16 heavy (non-hydrogen) atoms. The molecule has 0 saturated heterocycles. The maximum atomic E-state index is 4.07. The van der Waals surface area contributed by atoms with Gasteiger partial charge in [-0.05, 0) is 23.5 Å². The normalized spacial score (nSPS) is 22.9. The Morgan fingerprint density at radius 3 is 2.69 bits per heavy atom. The quantitative estimate of drug-likeness (QED) is 0.629. The summed E-state index contributed by atoms with van der Waals surface area (Å²) in [6.45, 7) is 8.57. The van der Waals surface area contributed by atoms with E-state index >= 15 is 0 Å². The Labute approximate surface area is 98.7 Å². The lowest BCUT2D eigenvalue weighted by molar-refractivity contribution is 0.589. The van der Waals surface area contributed by atoms with Gasteiger partial charge in [-0.15, -0.1) is 0 Å². The van der Waals surface area contributed by atoms with Crippen LogP contribution in [0.15, 0.2) is 48.6 Å². The topological polar surface area (TPSA) is 0 Å². The third kappa shape index (κ3) is 1.97. The van der Waals surface area contributed by atoms with Crippen molar-refractivity contribution >= 4 is 0 Å². The van der Waals surface area contributed by atoms with E-state index in [0.717, 1.165) is 6.42 Å². The molecule has 0 amide bonds. The van der Waals surface area contributed by atoms with Crippen molar-refractivity contribution in [3.05, 3.63) is 59.7 Å². The Hall–Kier alpha value is -1.30. The zero-order valence-electron chi connectivity index (χ0n) is 10.2. The maximum absolute atomic E-state index is 4.07. The average Bonchev–Trinajstić information content (AvgIpc) is 2.29. The van der Waals surface area contributed by atoms with Crippen molar-refractivity contribution in [1.29, 1.82) is 0 Å². The molecule has 1 aromatic carbocycles. The summed E-state index contributed by atoms with van der Waals surface area (Å²) in [5.74, 6) is 1.27. The van der Waals surface area contributed by atoms with Gasteiger partial charge in [0.25, 0.3) is 0 Å². The molecule has 2 atom stereocenters. The smallest absolute Gasteiger partial charge is 0.00902 e. The van der Waals surface area contributed by atoms with Crippen molar-refractivity contribution in [1.82, 2.24) is 0 Å². The molecule has 0 fully saturated rings. The largest absolute Gasteiger partial charge is 0.0958 e. The molecule has 2 rings (SSSR count). The summed E-state index contributed by atoms with van der Waals surface area (Å²) in [4.78, 5) is 0. The predicted molar refractivity (Wildman–Crippen MR) is 70.8 cm³/mol. The molecule has 0 spiro atoms.